The van der Waals surface area contributed by atoms with Crippen LogP contribution in [0.1, 0.15) is 33.1 Å². The number of hydrogen-bond acceptors (Lipinski definition) is 1. The highest BCUT2D eigenvalue weighted by atomic mass is 16.2. The van der Waals surface area contributed by atoms with Gasteiger partial charge in [-0.05, 0) is 29.7 Å². The van der Waals surface area contributed by atoms with Crippen LogP contribution in [0.25, 0.3) is 10.9 Å². The van der Waals surface area contributed by atoms with E-state index in [-0.39, 0.29) is 11.9 Å². The summed E-state index contributed by atoms with van der Waals surface area (Å²) in [5, 5.41) is 1.21. The number of aryl methyl sites for hydroxylation is 1. The number of fused-ring (bicyclic) bond motifs is 2. The van der Waals surface area contributed by atoms with Gasteiger partial charge in [-0.2, -0.15) is 0 Å². The minimum atomic E-state index is -0.0430. The summed E-state index contributed by atoms with van der Waals surface area (Å²) in [6, 6.07) is 26.8. The van der Waals surface area contributed by atoms with E-state index < -0.39 is 0 Å². The van der Waals surface area contributed by atoms with Crippen molar-refractivity contribution in [3.05, 3.63) is 107 Å². The normalized spacial score (nSPS) is 16.0. The van der Waals surface area contributed by atoms with Crippen molar-refractivity contribution in [2.75, 3.05) is 6.54 Å². The monoisotopic (exact) mass is 366 g/mol. The molecule has 0 radical (unpaired) electrons. The predicted octanol–water partition coefficient (Wildman–Crippen LogP) is 4.97. The van der Waals surface area contributed by atoms with Gasteiger partial charge in [-0.15, -0.1) is 0 Å². The Labute approximate surface area is 164 Å². The van der Waals surface area contributed by atoms with Gasteiger partial charge >= 0.3 is 0 Å². The van der Waals surface area contributed by atoms with Crippen molar-refractivity contribution in [3.8, 4) is 0 Å². The maximum absolute atomic E-state index is 13.3. The molecule has 138 valence electrons. The van der Waals surface area contributed by atoms with Crippen molar-refractivity contribution in [1.82, 2.24) is 9.47 Å². The van der Waals surface area contributed by atoms with Gasteiger partial charge in [-0.25, -0.2) is 0 Å². The molecule has 0 saturated heterocycles. The van der Waals surface area contributed by atoms with Crippen molar-refractivity contribution in [3.63, 3.8) is 0 Å². The van der Waals surface area contributed by atoms with Gasteiger partial charge < -0.3 is 9.47 Å². The first-order valence-corrected chi connectivity index (χ1v) is 9.72. The van der Waals surface area contributed by atoms with E-state index >= 15 is 0 Å². The van der Waals surface area contributed by atoms with Gasteiger partial charge in [0.2, 0.25) is 0 Å². The number of carbonyl (C=O) groups excluding carboxylic acids is 1. The second kappa shape index (κ2) is 6.68. The van der Waals surface area contributed by atoms with Crippen LogP contribution in [-0.4, -0.2) is 21.9 Å². The Morgan fingerprint density at radius 1 is 0.821 bits per heavy atom. The van der Waals surface area contributed by atoms with E-state index in [1.807, 2.05) is 29.2 Å². The molecule has 0 bridgehead atoms. The lowest BCUT2D eigenvalue weighted by Crippen LogP contribution is -2.30. The van der Waals surface area contributed by atoms with Crippen molar-refractivity contribution < 1.29 is 4.79 Å². The van der Waals surface area contributed by atoms with E-state index in [1.165, 1.54) is 22.0 Å². The Morgan fingerprint density at radius 3 is 2.39 bits per heavy atom. The highest BCUT2D eigenvalue weighted by molar-refractivity contribution is 6.00. The third-order valence-electron chi connectivity index (χ3n) is 5.76. The molecule has 5 rings (SSSR count). The van der Waals surface area contributed by atoms with E-state index in [0.29, 0.717) is 6.54 Å². The van der Waals surface area contributed by atoms with Crippen LogP contribution in [-0.2, 0) is 13.5 Å². The number of para-hydroxylation sites is 1. The second-order valence-corrected chi connectivity index (χ2v) is 7.44. The Morgan fingerprint density at radius 2 is 1.54 bits per heavy atom. The van der Waals surface area contributed by atoms with Crippen molar-refractivity contribution >= 4 is 16.8 Å². The number of nitrogens with zero attached hydrogens (tertiary/aromatic N) is 2. The molecule has 4 aromatic rings. The zero-order chi connectivity index (χ0) is 19.1. The molecule has 0 spiro atoms. The fourth-order valence-electron chi connectivity index (χ4n) is 4.42. The number of hydrogen-bond donors (Lipinski definition) is 0. The molecule has 2 heterocycles. The number of benzene rings is 3. The van der Waals surface area contributed by atoms with Crippen LogP contribution >= 0.6 is 0 Å². The summed E-state index contributed by atoms with van der Waals surface area (Å²) in [7, 11) is 2.07. The Hall–Kier alpha value is -3.33. The van der Waals surface area contributed by atoms with E-state index in [4.69, 9.17) is 0 Å². The molecule has 3 aromatic carbocycles. The Kier molecular flexibility index (Phi) is 4.01. The largest absolute Gasteiger partial charge is 0.350 e. The minimum absolute atomic E-state index is 0.0430. The molecule has 0 aliphatic carbocycles. The van der Waals surface area contributed by atoms with Crippen molar-refractivity contribution in [2.45, 2.75) is 12.5 Å². The summed E-state index contributed by atoms with van der Waals surface area (Å²) in [4.78, 5) is 15.3. The van der Waals surface area contributed by atoms with Gasteiger partial charge in [0.1, 0.15) is 0 Å². The fraction of sp³-hybridized carbons (Fsp3) is 0.160. The van der Waals surface area contributed by atoms with Crippen LogP contribution < -0.4 is 0 Å². The Balaban J connectivity index is 1.60. The molecule has 1 aromatic heterocycles. The summed E-state index contributed by atoms with van der Waals surface area (Å²) in [6.45, 7) is 0.700. The summed E-state index contributed by atoms with van der Waals surface area (Å²) >= 11 is 0. The molecular formula is C25H22N2O. The van der Waals surface area contributed by atoms with E-state index in [2.05, 4.69) is 72.4 Å². The third-order valence-corrected chi connectivity index (χ3v) is 5.76. The maximum Gasteiger partial charge on any atom is 0.255 e. The van der Waals surface area contributed by atoms with Gasteiger partial charge in [0.25, 0.3) is 5.91 Å². The average molecular weight is 366 g/mol. The second-order valence-electron chi connectivity index (χ2n) is 7.44. The van der Waals surface area contributed by atoms with Crippen molar-refractivity contribution in [1.29, 1.82) is 0 Å². The van der Waals surface area contributed by atoms with Crippen LogP contribution in [0.15, 0.2) is 85.1 Å². The van der Waals surface area contributed by atoms with Crippen LogP contribution in [0.3, 0.4) is 0 Å². The van der Waals surface area contributed by atoms with E-state index in [1.54, 1.807) is 0 Å². The molecule has 0 saturated carbocycles. The minimum Gasteiger partial charge on any atom is -0.350 e. The molecular weight excluding hydrogens is 344 g/mol. The lowest BCUT2D eigenvalue weighted by molar-refractivity contribution is 0.0752. The Bertz CT molecular complexity index is 1160. The molecule has 1 amide bonds. The summed E-state index contributed by atoms with van der Waals surface area (Å²) in [5.74, 6) is 0.129. The first-order chi connectivity index (χ1) is 13.7. The first kappa shape index (κ1) is 16.8. The van der Waals surface area contributed by atoms with Gasteiger partial charge in [0, 0.05) is 41.8 Å². The summed E-state index contributed by atoms with van der Waals surface area (Å²) < 4.78 is 2.16. The molecule has 0 unspecified atom stereocenters. The van der Waals surface area contributed by atoms with Crippen LogP contribution in [0.2, 0.25) is 0 Å². The predicted molar refractivity (Wildman–Crippen MR) is 112 cm³/mol. The van der Waals surface area contributed by atoms with Gasteiger partial charge in [0.15, 0.2) is 0 Å². The van der Waals surface area contributed by atoms with Crippen molar-refractivity contribution in [2.24, 2.45) is 7.05 Å². The lowest BCUT2D eigenvalue weighted by Gasteiger charge is -2.25. The fourth-order valence-corrected chi connectivity index (χ4v) is 4.42. The van der Waals surface area contributed by atoms with Gasteiger partial charge in [-0.3, -0.25) is 4.79 Å². The molecule has 3 heteroatoms. The smallest absolute Gasteiger partial charge is 0.255 e. The maximum atomic E-state index is 13.3. The zero-order valence-corrected chi connectivity index (χ0v) is 15.9. The third kappa shape index (κ3) is 2.63. The highest BCUT2D eigenvalue weighted by Gasteiger charge is 2.38. The molecule has 1 atom stereocenters. The van der Waals surface area contributed by atoms with Crippen LogP contribution in [0.4, 0.5) is 0 Å². The zero-order valence-electron chi connectivity index (χ0n) is 15.9. The summed E-state index contributed by atoms with van der Waals surface area (Å²) in [6.07, 6.45) is 3.03. The van der Waals surface area contributed by atoms with Crippen LogP contribution in [0, 0.1) is 0 Å². The number of aromatic nitrogens is 1. The standard InChI is InChI=1S/C25H22N2O/c1-26-17-22(19-11-7-8-14-23(19)26)24-20-12-5-6-13-21(20)25(28)27(24)16-15-18-9-3-2-4-10-18/h2-14,17,24H,15-16H2,1H3/t24-/m1/s1. The quantitative estimate of drug-likeness (QED) is 0.501. The molecule has 1 aliphatic rings. The van der Waals surface area contributed by atoms with Gasteiger partial charge in [0.05, 0.1) is 6.04 Å². The average Bonchev–Trinajstić information content (AvgIpc) is 3.22. The number of rotatable bonds is 4. The SMILES string of the molecule is Cn1cc([C@H]2c3ccccc3C(=O)N2CCc2ccccc2)c2ccccc21. The topological polar surface area (TPSA) is 25.2 Å². The molecule has 0 fully saturated rings. The molecule has 0 N–H and O–H groups in total. The van der Waals surface area contributed by atoms with Gasteiger partial charge in [-0.1, -0.05) is 66.7 Å². The van der Waals surface area contributed by atoms with E-state index in [9.17, 15) is 4.79 Å². The van der Waals surface area contributed by atoms with E-state index in [0.717, 1.165) is 17.5 Å². The first-order valence-electron chi connectivity index (χ1n) is 9.72. The summed E-state index contributed by atoms with van der Waals surface area (Å²) in [5.41, 5.74) is 5.58. The molecule has 3 nitrogen and oxygen atoms in total. The number of amides is 1. The highest BCUT2D eigenvalue weighted by Crippen LogP contribution is 2.41. The number of carbonyl (C=O) groups is 1. The molecule has 28 heavy (non-hydrogen) atoms. The lowest BCUT2D eigenvalue weighted by atomic mass is 9.97. The molecule has 1 aliphatic heterocycles. The van der Waals surface area contributed by atoms with Crippen LogP contribution in [0.5, 0.6) is 0 Å².